The quantitative estimate of drug-likeness (QED) is 0.587. The van der Waals surface area contributed by atoms with Crippen LogP contribution in [0.1, 0.15) is 6.42 Å². The fraction of sp³-hybridized carbons (Fsp3) is 0.200. The monoisotopic (exact) mass is 272 g/mol. The summed E-state index contributed by atoms with van der Waals surface area (Å²) in [5.41, 5.74) is 0.419. The van der Waals surface area contributed by atoms with Crippen molar-refractivity contribution >= 4 is 12.6 Å². The molecule has 0 amide bonds. The molecule has 2 N–H and O–H groups in total. The van der Waals surface area contributed by atoms with Gasteiger partial charge in [-0.05, 0) is 29.7 Å². The molecule has 0 aliphatic heterocycles. The van der Waals surface area contributed by atoms with Gasteiger partial charge in [-0.25, -0.2) is 0 Å². The Morgan fingerprint density at radius 1 is 0.800 bits per heavy atom. The van der Waals surface area contributed by atoms with Crippen LogP contribution in [0.25, 0.3) is 0 Å². The Kier molecular flexibility index (Phi) is 5.47. The molecule has 0 spiro atoms. The molecule has 5 heteroatoms. The zero-order valence-electron chi connectivity index (χ0n) is 11.1. The predicted molar refractivity (Wildman–Crippen MR) is 78.3 cm³/mol. The van der Waals surface area contributed by atoms with Crippen molar-refractivity contribution in [1.82, 2.24) is 0 Å². The Bertz CT molecular complexity index is 516. The molecule has 2 aromatic rings. The first-order chi connectivity index (χ1) is 9.75. The van der Waals surface area contributed by atoms with E-state index < -0.39 is 7.12 Å². The molecule has 0 atom stereocenters. The maximum atomic E-state index is 9.06. The van der Waals surface area contributed by atoms with E-state index in [1.165, 1.54) is 0 Å². The minimum atomic E-state index is -1.47. The molecule has 0 bridgehead atoms. The Labute approximate surface area is 118 Å². The van der Waals surface area contributed by atoms with E-state index >= 15 is 0 Å². The standard InChI is InChI=1S/C15H17BO4/c17-16(18)13-6-4-9-15(12-13)20-11-5-10-19-14-7-2-1-3-8-14/h1-4,6-9,12,17-18H,5,10-11H2. The van der Waals surface area contributed by atoms with E-state index in [4.69, 9.17) is 19.5 Å². The SMILES string of the molecule is OB(O)c1cccc(OCCCOc2ccccc2)c1. The lowest BCUT2D eigenvalue weighted by Gasteiger charge is -2.09. The highest BCUT2D eigenvalue weighted by atomic mass is 16.5. The summed E-state index contributed by atoms with van der Waals surface area (Å²) in [6.45, 7) is 1.09. The third-order valence-corrected chi connectivity index (χ3v) is 2.73. The summed E-state index contributed by atoms with van der Waals surface area (Å²) in [6.07, 6.45) is 0.751. The van der Waals surface area contributed by atoms with Gasteiger partial charge in [-0.3, -0.25) is 0 Å². The Balaban J connectivity index is 1.69. The molecule has 0 saturated carbocycles. The number of hydrogen-bond donors (Lipinski definition) is 2. The van der Waals surface area contributed by atoms with Crippen LogP contribution in [-0.2, 0) is 0 Å². The van der Waals surface area contributed by atoms with Crippen molar-refractivity contribution in [3.05, 3.63) is 54.6 Å². The van der Waals surface area contributed by atoms with E-state index in [-0.39, 0.29) is 0 Å². The Morgan fingerprint density at radius 2 is 1.45 bits per heavy atom. The number of hydrogen-bond acceptors (Lipinski definition) is 4. The lowest BCUT2D eigenvalue weighted by molar-refractivity contribution is 0.247. The molecule has 0 aromatic heterocycles. The lowest BCUT2D eigenvalue weighted by Crippen LogP contribution is -2.29. The topological polar surface area (TPSA) is 58.9 Å². The van der Waals surface area contributed by atoms with Crippen LogP contribution >= 0.6 is 0 Å². The largest absolute Gasteiger partial charge is 0.493 e. The van der Waals surface area contributed by atoms with Crippen LogP contribution in [0.15, 0.2) is 54.6 Å². The fourth-order valence-corrected chi connectivity index (χ4v) is 1.72. The van der Waals surface area contributed by atoms with Crippen LogP contribution in [0.2, 0.25) is 0 Å². The lowest BCUT2D eigenvalue weighted by atomic mass is 9.80. The first-order valence-electron chi connectivity index (χ1n) is 6.52. The molecule has 0 fully saturated rings. The normalized spacial score (nSPS) is 10.1. The van der Waals surface area contributed by atoms with Crippen molar-refractivity contribution in [1.29, 1.82) is 0 Å². The van der Waals surface area contributed by atoms with Gasteiger partial charge in [0.05, 0.1) is 13.2 Å². The molecular formula is C15H17BO4. The van der Waals surface area contributed by atoms with E-state index in [1.807, 2.05) is 30.3 Å². The van der Waals surface area contributed by atoms with Crippen molar-refractivity contribution in [2.75, 3.05) is 13.2 Å². The molecule has 0 unspecified atom stereocenters. The third-order valence-electron chi connectivity index (χ3n) is 2.73. The average molecular weight is 272 g/mol. The van der Waals surface area contributed by atoms with Gasteiger partial charge in [0.25, 0.3) is 0 Å². The summed E-state index contributed by atoms with van der Waals surface area (Å²) in [5.74, 6) is 1.47. The molecule has 104 valence electrons. The molecule has 4 nitrogen and oxygen atoms in total. The van der Waals surface area contributed by atoms with E-state index in [0.29, 0.717) is 24.4 Å². The van der Waals surface area contributed by atoms with Crippen LogP contribution in [0, 0.1) is 0 Å². The highest BCUT2D eigenvalue weighted by Crippen LogP contribution is 2.10. The Morgan fingerprint density at radius 3 is 2.15 bits per heavy atom. The number of ether oxygens (including phenoxy) is 2. The van der Waals surface area contributed by atoms with Gasteiger partial charge >= 0.3 is 7.12 Å². The second kappa shape index (κ2) is 7.57. The van der Waals surface area contributed by atoms with Crippen molar-refractivity contribution < 1.29 is 19.5 Å². The summed E-state index contributed by atoms with van der Waals surface area (Å²) in [4.78, 5) is 0. The minimum Gasteiger partial charge on any atom is -0.493 e. The van der Waals surface area contributed by atoms with Gasteiger partial charge < -0.3 is 19.5 Å². The van der Waals surface area contributed by atoms with Gasteiger partial charge in [-0.1, -0.05) is 30.3 Å². The maximum absolute atomic E-state index is 9.06. The number of benzene rings is 2. The molecular weight excluding hydrogens is 255 g/mol. The number of para-hydroxylation sites is 1. The van der Waals surface area contributed by atoms with Crippen LogP contribution in [0.3, 0.4) is 0 Å². The van der Waals surface area contributed by atoms with Crippen molar-refractivity contribution in [2.45, 2.75) is 6.42 Å². The van der Waals surface area contributed by atoms with Gasteiger partial charge in [0, 0.05) is 6.42 Å². The highest BCUT2D eigenvalue weighted by molar-refractivity contribution is 6.58. The molecule has 2 rings (SSSR count). The van der Waals surface area contributed by atoms with Gasteiger partial charge in [-0.2, -0.15) is 0 Å². The first kappa shape index (κ1) is 14.4. The van der Waals surface area contributed by atoms with Crippen molar-refractivity contribution in [3.8, 4) is 11.5 Å². The molecule has 20 heavy (non-hydrogen) atoms. The van der Waals surface area contributed by atoms with Crippen molar-refractivity contribution in [2.24, 2.45) is 0 Å². The Hall–Kier alpha value is -1.98. The van der Waals surface area contributed by atoms with Gasteiger partial charge in [0.2, 0.25) is 0 Å². The zero-order valence-corrected chi connectivity index (χ0v) is 11.1. The second-order valence-corrected chi connectivity index (χ2v) is 4.31. The van der Waals surface area contributed by atoms with E-state index in [0.717, 1.165) is 12.2 Å². The van der Waals surface area contributed by atoms with Gasteiger partial charge in [0.1, 0.15) is 11.5 Å². The fourth-order valence-electron chi connectivity index (χ4n) is 1.72. The van der Waals surface area contributed by atoms with Crippen LogP contribution in [0.5, 0.6) is 11.5 Å². The summed E-state index contributed by atoms with van der Waals surface area (Å²) >= 11 is 0. The summed E-state index contributed by atoms with van der Waals surface area (Å²) in [6, 6.07) is 16.4. The minimum absolute atomic E-state index is 0.419. The smallest absolute Gasteiger partial charge is 0.488 e. The van der Waals surface area contributed by atoms with Gasteiger partial charge in [-0.15, -0.1) is 0 Å². The van der Waals surface area contributed by atoms with E-state index in [1.54, 1.807) is 24.3 Å². The first-order valence-corrected chi connectivity index (χ1v) is 6.52. The molecule has 0 saturated heterocycles. The molecule has 0 aliphatic rings. The highest BCUT2D eigenvalue weighted by Gasteiger charge is 2.10. The average Bonchev–Trinajstić information content (AvgIpc) is 2.48. The third kappa shape index (κ3) is 4.61. The van der Waals surface area contributed by atoms with Gasteiger partial charge in [0.15, 0.2) is 0 Å². The predicted octanol–water partition coefficient (Wildman–Crippen LogP) is 1.21. The summed E-state index contributed by atoms with van der Waals surface area (Å²) < 4.78 is 11.1. The maximum Gasteiger partial charge on any atom is 0.488 e. The van der Waals surface area contributed by atoms with E-state index in [2.05, 4.69) is 0 Å². The van der Waals surface area contributed by atoms with Crippen molar-refractivity contribution in [3.63, 3.8) is 0 Å². The van der Waals surface area contributed by atoms with Crippen LogP contribution in [-0.4, -0.2) is 30.4 Å². The van der Waals surface area contributed by atoms with Crippen LogP contribution < -0.4 is 14.9 Å². The summed E-state index contributed by atoms with van der Waals surface area (Å²) in [5, 5.41) is 18.1. The van der Waals surface area contributed by atoms with Crippen LogP contribution in [0.4, 0.5) is 0 Å². The molecule has 0 radical (unpaired) electrons. The number of rotatable bonds is 7. The second-order valence-electron chi connectivity index (χ2n) is 4.31. The molecule has 2 aromatic carbocycles. The van der Waals surface area contributed by atoms with E-state index in [9.17, 15) is 0 Å². The molecule has 0 heterocycles. The zero-order chi connectivity index (χ0) is 14.2. The molecule has 0 aliphatic carbocycles. The summed E-state index contributed by atoms with van der Waals surface area (Å²) in [7, 11) is -1.47.